The number of aryl methyl sites for hydroxylation is 3. The van der Waals surface area contributed by atoms with Gasteiger partial charge in [0.15, 0.2) is 0 Å². The van der Waals surface area contributed by atoms with Gasteiger partial charge in [0.1, 0.15) is 5.82 Å². The Hall–Kier alpha value is -1.92. The van der Waals surface area contributed by atoms with Crippen molar-refractivity contribution in [3.63, 3.8) is 0 Å². The molecule has 0 bridgehead atoms. The van der Waals surface area contributed by atoms with Crippen molar-refractivity contribution in [3.05, 3.63) is 29.1 Å². The molecule has 2 heterocycles. The van der Waals surface area contributed by atoms with Gasteiger partial charge in [-0.05, 0) is 56.5 Å². The third-order valence-corrected chi connectivity index (χ3v) is 5.42. The average Bonchev–Trinajstić information content (AvgIpc) is 3.02. The highest BCUT2D eigenvalue weighted by Gasteiger charge is 2.21. The van der Waals surface area contributed by atoms with Gasteiger partial charge in [0, 0.05) is 32.0 Å². The molecule has 0 spiro atoms. The van der Waals surface area contributed by atoms with Crippen molar-refractivity contribution >= 4 is 16.9 Å². The molecule has 2 aromatic rings. The van der Waals surface area contributed by atoms with Crippen LogP contribution in [-0.2, 0) is 11.2 Å². The number of nitrogens with one attached hydrogen (secondary N) is 2. The summed E-state index contributed by atoms with van der Waals surface area (Å²) < 4.78 is 0. The smallest absolute Gasteiger partial charge is 0.220 e. The molecule has 26 heavy (non-hydrogen) atoms. The van der Waals surface area contributed by atoms with Crippen LogP contribution in [0.3, 0.4) is 0 Å². The Labute approximate surface area is 155 Å². The number of imidazole rings is 1. The third-order valence-electron chi connectivity index (χ3n) is 5.42. The Bertz CT molecular complexity index is 717. The van der Waals surface area contributed by atoms with E-state index < -0.39 is 0 Å². The molecule has 1 atom stereocenters. The van der Waals surface area contributed by atoms with E-state index in [2.05, 4.69) is 46.2 Å². The first-order chi connectivity index (χ1) is 12.6. The molecule has 3 N–H and O–H groups in total. The molecule has 0 radical (unpaired) electrons. The molecule has 6 nitrogen and oxygen atoms in total. The van der Waals surface area contributed by atoms with Gasteiger partial charge in [-0.1, -0.05) is 6.42 Å². The molecule has 1 aliphatic heterocycles. The first-order valence-corrected chi connectivity index (χ1v) is 9.64. The zero-order valence-electron chi connectivity index (χ0n) is 15.8. The minimum absolute atomic E-state index is 0.0513. The second-order valence-corrected chi connectivity index (χ2v) is 7.36. The lowest BCUT2D eigenvalue weighted by molar-refractivity contribution is -0.121. The van der Waals surface area contributed by atoms with E-state index in [-0.39, 0.29) is 18.6 Å². The van der Waals surface area contributed by atoms with Crippen LogP contribution >= 0.6 is 0 Å². The van der Waals surface area contributed by atoms with E-state index in [4.69, 9.17) is 0 Å². The van der Waals surface area contributed by atoms with Gasteiger partial charge in [0.2, 0.25) is 5.91 Å². The SMILES string of the molecule is Cc1cc2nc(CCC(=O)NCCN3CCCCC3CO)[nH]c2cc1C. The number of fused-ring (bicyclic) bond motifs is 1. The van der Waals surface area contributed by atoms with Crippen LogP contribution in [0.15, 0.2) is 12.1 Å². The summed E-state index contributed by atoms with van der Waals surface area (Å²) in [7, 11) is 0. The number of rotatable bonds is 7. The summed E-state index contributed by atoms with van der Waals surface area (Å²) in [5, 5.41) is 12.4. The Morgan fingerprint density at radius 3 is 2.96 bits per heavy atom. The molecule has 1 fully saturated rings. The first-order valence-electron chi connectivity index (χ1n) is 9.64. The summed E-state index contributed by atoms with van der Waals surface area (Å²) in [4.78, 5) is 22.3. The molecule has 1 aromatic carbocycles. The van der Waals surface area contributed by atoms with Crippen molar-refractivity contribution in [2.75, 3.05) is 26.2 Å². The molecular formula is C20H30N4O2. The average molecular weight is 358 g/mol. The van der Waals surface area contributed by atoms with Gasteiger partial charge in [-0.3, -0.25) is 9.69 Å². The number of aromatic nitrogens is 2. The molecule has 0 aliphatic carbocycles. The van der Waals surface area contributed by atoms with Crippen LogP contribution in [0.2, 0.25) is 0 Å². The highest BCUT2D eigenvalue weighted by Crippen LogP contribution is 2.18. The van der Waals surface area contributed by atoms with E-state index in [1.807, 2.05) is 0 Å². The maximum absolute atomic E-state index is 12.1. The fourth-order valence-electron chi connectivity index (χ4n) is 3.66. The normalized spacial score (nSPS) is 18.3. The van der Waals surface area contributed by atoms with Gasteiger partial charge in [0.25, 0.3) is 0 Å². The number of carbonyl (C=O) groups excluding carboxylic acids is 1. The lowest BCUT2D eigenvalue weighted by Crippen LogP contribution is -2.45. The van der Waals surface area contributed by atoms with Crippen molar-refractivity contribution in [1.29, 1.82) is 0 Å². The molecule has 142 valence electrons. The zero-order chi connectivity index (χ0) is 18.5. The summed E-state index contributed by atoms with van der Waals surface area (Å²) in [6, 6.07) is 4.45. The summed E-state index contributed by atoms with van der Waals surface area (Å²) in [5.74, 6) is 0.909. The summed E-state index contributed by atoms with van der Waals surface area (Å²) in [5.41, 5.74) is 4.46. The molecular weight excluding hydrogens is 328 g/mol. The van der Waals surface area contributed by atoms with E-state index in [0.29, 0.717) is 19.4 Å². The summed E-state index contributed by atoms with van der Waals surface area (Å²) in [6.45, 7) is 6.83. The maximum Gasteiger partial charge on any atom is 0.220 e. The Balaban J connectivity index is 1.44. The van der Waals surface area contributed by atoms with Gasteiger partial charge >= 0.3 is 0 Å². The lowest BCUT2D eigenvalue weighted by atomic mass is 10.0. The first kappa shape index (κ1) is 18.9. The fourth-order valence-corrected chi connectivity index (χ4v) is 3.66. The predicted molar refractivity (Wildman–Crippen MR) is 103 cm³/mol. The third kappa shape index (κ3) is 4.62. The second-order valence-electron chi connectivity index (χ2n) is 7.36. The largest absolute Gasteiger partial charge is 0.395 e. The van der Waals surface area contributed by atoms with E-state index in [1.165, 1.54) is 24.0 Å². The van der Waals surface area contributed by atoms with Crippen molar-refractivity contribution < 1.29 is 9.90 Å². The number of carbonyl (C=O) groups is 1. The molecule has 1 saturated heterocycles. The minimum atomic E-state index is 0.0513. The van der Waals surface area contributed by atoms with Crippen LogP contribution in [0.1, 0.15) is 42.6 Å². The van der Waals surface area contributed by atoms with E-state index in [0.717, 1.165) is 36.4 Å². The fraction of sp³-hybridized carbons (Fsp3) is 0.600. The number of piperidine rings is 1. The predicted octanol–water partition coefficient (Wildman–Crippen LogP) is 2.08. The van der Waals surface area contributed by atoms with Crippen LogP contribution in [-0.4, -0.2) is 58.2 Å². The zero-order valence-corrected chi connectivity index (χ0v) is 15.8. The van der Waals surface area contributed by atoms with Crippen LogP contribution < -0.4 is 5.32 Å². The van der Waals surface area contributed by atoms with Gasteiger partial charge in [0.05, 0.1) is 17.6 Å². The summed E-state index contributed by atoms with van der Waals surface area (Å²) >= 11 is 0. The van der Waals surface area contributed by atoms with Crippen molar-refractivity contribution in [1.82, 2.24) is 20.2 Å². The number of benzene rings is 1. The molecule has 1 amide bonds. The van der Waals surface area contributed by atoms with Gasteiger partial charge in [-0.2, -0.15) is 0 Å². The number of aromatic amines is 1. The van der Waals surface area contributed by atoms with E-state index >= 15 is 0 Å². The highest BCUT2D eigenvalue weighted by molar-refractivity contribution is 5.78. The second kappa shape index (κ2) is 8.64. The van der Waals surface area contributed by atoms with Crippen molar-refractivity contribution in [3.8, 4) is 0 Å². The number of H-pyrrole nitrogens is 1. The molecule has 1 unspecified atom stereocenters. The monoisotopic (exact) mass is 358 g/mol. The van der Waals surface area contributed by atoms with Crippen LogP contribution in [0.5, 0.6) is 0 Å². The number of hydrogen-bond acceptors (Lipinski definition) is 4. The maximum atomic E-state index is 12.1. The van der Waals surface area contributed by atoms with Gasteiger partial charge in [-0.15, -0.1) is 0 Å². The van der Waals surface area contributed by atoms with Crippen molar-refractivity contribution in [2.45, 2.75) is 52.0 Å². The Morgan fingerprint density at radius 1 is 1.35 bits per heavy atom. The highest BCUT2D eigenvalue weighted by atomic mass is 16.3. The Kier molecular flexibility index (Phi) is 6.27. The number of amides is 1. The van der Waals surface area contributed by atoms with Crippen LogP contribution in [0.4, 0.5) is 0 Å². The van der Waals surface area contributed by atoms with E-state index in [9.17, 15) is 9.90 Å². The summed E-state index contributed by atoms with van der Waals surface area (Å²) in [6.07, 6.45) is 4.46. The van der Waals surface area contributed by atoms with Crippen LogP contribution in [0, 0.1) is 13.8 Å². The number of likely N-dealkylation sites (tertiary alicyclic amines) is 1. The lowest BCUT2D eigenvalue weighted by Gasteiger charge is -2.34. The molecule has 1 aliphatic rings. The molecule has 1 aromatic heterocycles. The molecule has 0 saturated carbocycles. The number of aliphatic hydroxyl groups excluding tert-OH is 1. The van der Waals surface area contributed by atoms with Gasteiger partial charge < -0.3 is 15.4 Å². The molecule has 6 heteroatoms. The van der Waals surface area contributed by atoms with E-state index in [1.54, 1.807) is 0 Å². The number of nitrogens with zero attached hydrogens (tertiary/aromatic N) is 2. The van der Waals surface area contributed by atoms with Gasteiger partial charge in [-0.25, -0.2) is 4.98 Å². The Morgan fingerprint density at radius 2 is 2.15 bits per heavy atom. The number of aliphatic hydroxyl groups is 1. The number of hydrogen-bond donors (Lipinski definition) is 3. The topological polar surface area (TPSA) is 81.2 Å². The van der Waals surface area contributed by atoms with Crippen LogP contribution in [0.25, 0.3) is 11.0 Å². The van der Waals surface area contributed by atoms with Crippen molar-refractivity contribution in [2.24, 2.45) is 0 Å². The molecule has 3 rings (SSSR count). The minimum Gasteiger partial charge on any atom is -0.395 e. The standard InChI is InChI=1S/C20H30N4O2/c1-14-11-17-18(12-15(14)2)23-19(22-17)6-7-20(26)21-8-10-24-9-4-3-5-16(24)13-25/h11-12,16,25H,3-10,13H2,1-2H3,(H,21,26)(H,22,23). The quantitative estimate of drug-likeness (QED) is 0.708.